The summed E-state index contributed by atoms with van der Waals surface area (Å²) in [6, 6.07) is 7.50. The highest BCUT2D eigenvalue weighted by Crippen LogP contribution is 2.20. The standard InChI is InChI=1S/C12H19N3O2/c1-12(2,8-15-11(16)17)7-14-10-6-4-3-5-9(10)13/h3-6,14-15H,7-8,13H2,1-2H3,(H,16,17). The number of nitrogen functional groups attached to an aromatic ring is 1. The molecule has 0 saturated carbocycles. The minimum absolute atomic E-state index is 0.180. The Bertz CT molecular complexity index is 391. The second-order valence-electron chi connectivity index (χ2n) is 4.76. The molecule has 0 unspecified atom stereocenters. The average Bonchev–Trinajstić information content (AvgIpc) is 2.26. The SMILES string of the molecule is CC(C)(CNC(=O)O)CNc1ccccc1N. The normalized spacial score (nSPS) is 10.9. The molecular weight excluding hydrogens is 218 g/mol. The van der Waals surface area contributed by atoms with Gasteiger partial charge < -0.3 is 21.5 Å². The number of nitrogens with one attached hydrogen (secondary N) is 2. The Morgan fingerprint density at radius 2 is 2.00 bits per heavy atom. The van der Waals surface area contributed by atoms with Crippen LogP contribution >= 0.6 is 0 Å². The average molecular weight is 237 g/mol. The number of carbonyl (C=O) groups is 1. The van der Waals surface area contributed by atoms with Crippen molar-refractivity contribution >= 4 is 17.5 Å². The largest absolute Gasteiger partial charge is 0.465 e. The Morgan fingerprint density at radius 3 is 2.59 bits per heavy atom. The van der Waals surface area contributed by atoms with Crippen molar-refractivity contribution in [3.05, 3.63) is 24.3 Å². The summed E-state index contributed by atoms with van der Waals surface area (Å²) in [5, 5.41) is 14.2. The zero-order chi connectivity index (χ0) is 12.9. The molecule has 0 saturated heterocycles. The predicted molar refractivity (Wildman–Crippen MR) is 69.2 cm³/mol. The molecule has 0 bridgehead atoms. The molecule has 0 fully saturated rings. The number of benzene rings is 1. The van der Waals surface area contributed by atoms with Gasteiger partial charge in [0.25, 0.3) is 0 Å². The van der Waals surface area contributed by atoms with Gasteiger partial charge in [0.05, 0.1) is 11.4 Å². The predicted octanol–water partition coefficient (Wildman–Crippen LogP) is 1.97. The number of hydrogen-bond donors (Lipinski definition) is 4. The van der Waals surface area contributed by atoms with Crippen LogP contribution in [0.4, 0.5) is 16.2 Å². The van der Waals surface area contributed by atoms with Gasteiger partial charge in [0, 0.05) is 13.1 Å². The van der Waals surface area contributed by atoms with E-state index in [-0.39, 0.29) is 5.41 Å². The number of para-hydroxylation sites is 2. The number of anilines is 2. The van der Waals surface area contributed by atoms with E-state index in [4.69, 9.17) is 10.8 Å². The maximum atomic E-state index is 10.4. The van der Waals surface area contributed by atoms with E-state index in [0.29, 0.717) is 18.8 Å². The first-order chi connectivity index (χ1) is 7.91. The Balaban J connectivity index is 2.49. The minimum Gasteiger partial charge on any atom is -0.465 e. The highest BCUT2D eigenvalue weighted by molar-refractivity contribution is 5.66. The van der Waals surface area contributed by atoms with Crippen molar-refractivity contribution in [3.8, 4) is 0 Å². The molecule has 1 rings (SSSR count). The van der Waals surface area contributed by atoms with Gasteiger partial charge in [0.1, 0.15) is 0 Å². The van der Waals surface area contributed by atoms with E-state index >= 15 is 0 Å². The van der Waals surface area contributed by atoms with Gasteiger partial charge in [-0.1, -0.05) is 26.0 Å². The van der Waals surface area contributed by atoms with Crippen molar-refractivity contribution in [2.24, 2.45) is 5.41 Å². The van der Waals surface area contributed by atoms with Crippen molar-refractivity contribution in [2.75, 3.05) is 24.1 Å². The van der Waals surface area contributed by atoms with Crippen molar-refractivity contribution < 1.29 is 9.90 Å². The van der Waals surface area contributed by atoms with Gasteiger partial charge in [-0.25, -0.2) is 4.79 Å². The summed E-state index contributed by atoms with van der Waals surface area (Å²) >= 11 is 0. The second-order valence-corrected chi connectivity index (χ2v) is 4.76. The zero-order valence-corrected chi connectivity index (χ0v) is 10.2. The third-order valence-corrected chi connectivity index (χ3v) is 2.44. The summed E-state index contributed by atoms with van der Waals surface area (Å²) in [7, 11) is 0. The lowest BCUT2D eigenvalue weighted by Crippen LogP contribution is -2.37. The van der Waals surface area contributed by atoms with Crippen LogP contribution in [0, 0.1) is 5.41 Å². The van der Waals surface area contributed by atoms with E-state index < -0.39 is 6.09 Å². The molecule has 1 aromatic rings. The van der Waals surface area contributed by atoms with Crippen molar-refractivity contribution in [1.82, 2.24) is 5.32 Å². The van der Waals surface area contributed by atoms with Gasteiger partial charge in [0.15, 0.2) is 0 Å². The van der Waals surface area contributed by atoms with Crippen molar-refractivity contribution in [3.63, 3.8) is 0 Å². The number of nitrogens with two attached hydrogens (primary N) is 1. The summed E-state index contributed by atoms with van der Waals surface area (Å²) < 4.78 is 0. The van der Waals surface area contributed by atoms with Crippen LogP contribution in [0.25, 0.3) is 0 Å². The molecule has 0 aliphatic rings. The van der Waals surface area contributed by atoms with Crippen molar-refractivity contribution in [2.45, 2.75) is 13.8 Å². The van der Waals surface area contributed by atoms with Gasteiger partial charge in [-0.3, -0.25) is 0 Å². The summed E-state index contributed by atoms with van der Waals surface area (Å²) in [4.78, 5) is 10.4. The summed E-state index contributed by atoms with van der Waals surface area (Å²) in [6.45, 7) is 4.99. The molecule has 0 radical (unpaired) electrons. The monoisotopic (exact) mass is 237 g/mol. The Morgan fingerprint density at radius 1 is 1.35 bits per heavy atom. The molecule has 5 nitrogen and oxygen atoms in total. The van der Waals surface area contributed by atoms with Crippen LogP contribution in [0.15, 0.2) is 24.3 Å². The first-order valence-corrected chi connectivity index (χ1v) is 5.46. The maximum Gasteiger partial charge on any atom is 0.404 e. The molecule has 17 heavy (non-hydrogen) atoms. The number of amides is 1. The van der Waals surface area contributed by atoms with E-state index in [2.05, 4.69) is 10.6 Å². The second kappa shape index (κ2) is 5.43. The van der Waals surface area contributed by atoms with Gasteiger partial charge >= 0.3 is 6.09 Å². The quantitative estimate of drug-likeness (QED) is 0.590. The first-order valence-electron chi connectivity index (χ1n) is 5.46. The fourth-order valence-electron chi connectivity index (χ4n) is 1.37. The van der Waals surface area contributed by atoms with Gasteiger partial charge in [-0.15, -0.1) is 0 Å². The molecule has 0 aromatic heterocycles. The third kappa shape index (κ3) is 4.63. The van der Waals surface area contributed by atoms with E-state index in [0.717, 1.165) is 5.69 Å². The van der Waals surface area contributed by atoms with Crippen LogP contribution < -0.4 is 16.4 Å². The van der Waals surface area contributed by atoms with Crippen LogP contribution in [0.2, 0.25) is 0 Å². The summed E-state index contributed by atoms with van der Waals surface area (Å²) in [5.74, 6) is 0. The number of carboxylic acid groups (broad SMARTS) is 1. The molecule has 94 valence electrons. The lowest BCUT2D eigenvalue weighted by Gasteiger charge is -2.25. The first kappa shape index (κ1) is 13.2. The zero-order valence-electron chi connectivity index (χ0n) is 10.2. The van der Waals surface area contributed by atoms with Gasteiger partial charge in [-0.05, 0) is 17.5 Å². The Kier molecular flexibility index (Phi) is 4.20. The number of hydrogen-bond acceptors (Lipinski definition) is 3. The topological polar surface area (TPSA) is 87.4 Å². The van der Waals surface area contributed by atoms with E-state index in [9.17, 15) is 4.79 Å². The van der Waals surface area contributed by atoms with Crippen LogP contribution in [-0.2, 0) is 0 Å². The third-order valence-electron chi connectivity index (χ3n) is 2.44. The van der Waals surface area contributed by atoms with Gasteiger partial charge in [0.2, 0.25) is 0 Å². The van der Waals surface area contributed by atoms with E-state index in [1.54, 1.807) is 0 Å². The molecule has 0 heterocycles. The Hall–Kier alpha value is -1.91. The van der Waals surface area contributed by atoms with Crippen LogP contribution in [-0.4, -0.2) is 24.3 Å². The number of rotatable bonds is 5. The molecule has 1 amide bonds. The molecule has 0 spiro atoms. The minimum atomic E-state index is -1.00. The van der Waals surface area contributed by atoms with Crippen molar-refractivity contribution in [1.29, 1.82) is 0 Å². The lowest BCUT2D eigenvalue weighted by atomic mass is 9.93. The van der Waals surface area contributed by atoms with E-state index in [1.807, 2.05) is 38.1 Å². The molecule has 0 aliphatic carbocycles. The summed E-state index contributed by atoms with van der Waals surface area (Å²) in [5.41, 5.74) is 7.18. The molecule has 0 atom stereocenters. The van der Waals surface area contributed by atoms with Crippen LogP contribution in [0.1, 0.15) is 13.8 Å². The summed E-state index contributed by atoms with van der Waals surface area (Å²) in [6.07, 6.45) is -1.00. The smallest absolute Gasteiger partial charge is 0.404 e. The molecule has 0 aliphatic heterocycles. The van der Waals surface area contributed by atoms with Crippen LogP contribution in [0.5, 0.6) is 0 Å². The lowest BCUT2D eigenvalue weighted by molar-refractivity contribution is 0.189. The Labute approximate surface area is 101 Å². The highest BCUT2D eigenvalue weighted by Gasteiger charge is 2.18. The molecule has 1 aromatic carbocycles. The van der Waals surface area contributed by atoms with E-state index in [1.165, 1.54) is 0 Å². The highest BCUT2D eigenvalue weighted by atomic mass is 16.4. The van der Waals surface area contributed by atoms with Crippen LogP contribution in [0.3, 0.4) is 0 Å². The fourth-order valence-corrected chi connectivity index (χ4v) is 1.37. The molecular formula is C12H19N3O2. The molecule has 5 N–H and O–H groups in total. The maximum absolute atomic E-state index is 10.4. The fraction of sp³-hybridized carbons (Fsp3) is 0.417. The van der Waals surface area contributed by atoms with Gasteiger partial charge in [-0.2, -0.15) is 0 Å². The molecule has 5 heteroatoms.